The Hall–Kier alpha value is -0.920. The summed E-state index contributed by atoms with van der Waals surface area (Å²) >= 11 is 0. The van der Waals surface area contributed by atoms with Crippen LogP contribution in [0.4, 0.5) is 0 Å². The molecule has 2 unspecified atom stereocenters. The van der Waals surface area contributed by atoms with Gasteiger partial charge in [-0.15, -0.1) is 0 Å². The van der Waals surface area contributed by atoms with E-state index in [1.807, 2.05) is 0 Å². The fourth-order valence-electron chi connectivity index (χ4n) is 2.08. The Morgan fingerprint density at radius 3 is 2.89 bits per heavy atom. The van der Waals surface area contributed by atoms with Gasteiger partial charge in [-0.05, 0) is 19.3 Å². The molecule has 0 spiro atoms. The van der Waals surface area contributed by atoms with Crippen LogP contribution in [0.3, 0.4) is 0 Å². The number of rotatable bonds is 3. The van der Waals surface area contributed by atoms with E-state index in [1.165, 1.54) is 4.31 Å². The molecule has 6 nitrogen and oxygen atoms in total. The highest BCUT2D eigenvalue weighted by Gasteiger charge is 2.31. The highest BCUT2D eigenvalue weighted by Crippen LogP contribution is 2.20. The van der Waals surface area contributed by atoms with Gasteiger partial charge >= 0.3 is 0 Å². The van der Waals surface area contributed by atoms with Crippen LogP contribution in [-0.4, -0.2) is 37.0 Å². The van der Waals surface area contributed by atoms with E-state index in [9.17, 15) is 8.42 Å². The number of piperidine rings is 1. The lowest BCUT2D eigenvalue weighted by atomic mass is 9.96. The van der Waals surface area contributed by atoms with Crippen molar-refractivity contribution in [2.24, 2.45) is 11.7 Å². The van der Waals surface area contributed by atoms with Crippen molar-refractivity contribution in [3.8, 4) is 0 Å². The third kappa shape index (κ3) is 2.90. The third-order valence-electron chi connectivity index (χ3n) is 3.38. The van der Waals surface area contributed by atoms with Gasteiger partial charge in [0.1, 0.15) is 17.2 Å². The SMILES string of the molecule is Cc1cc(CS(=O)(=O)N2CCC(C)C(N)C2)no1. The molecule has 1 aromatic rings. The van der Waals surface area contributed by atoms with E-state index in [-0.39, 0.29) is 11.8 Å². The molecule has 1 aliphatic heterocycles. The molecule has 1 aromatic heterocycles. The van der Waals surface area contributed by atoms with Crippen LogP contribution in [0.1, 0.15) is 24.8 Å². The average molecular weight is 273 g/mol. The first kappa shape index (κ1) is 13.5. The highest BCUT2D eigenvalue weighted by molar-refractivity contribution is 7.88. The topological polar surface area (TPSA) is 89.4 Å². The van der Waals surface area contributed by atoms with E-state index >= 15 is 0 Å². The minimum atomic E-state index is -3.35. The molecule has 1 aliphatic rings. The summed E-state index contributed by atoms with van der Waals surface area (Å²) in [5.41, 5.74) is 6.37. The second-order valence-electron chi connectivity index (χ2n) is 4.97. The number of aromatic nitrogens is 1. The molecule has 1 saturated heterocycles. The molecule has 0 aromatic carbocycles. The lowest BCUT2D eigenvalue weighted by molar-refractivity contribution is 0.252. The van der Waals surface area contributed by atoms with E-state index in [1.54, 1.807) is 13.0 Å². The van der Waals surface area contributed by atoms with E-state index in [0.717, 1.165) is 6.42 Å². The second-order valence-corrected chi connectivity index (χ2v) is 6.94. The summed E-state index contributed by atoms with van der Waals surface area (Å²) in [6.45, 7) is 4.71. The standard InChI is InChI=1S/C11H19N3O3S/c1-8-3-4-14(6-11(8)12)18(15,16)7-10-5-9(2)17-13-10/h5,8,11H,3-4,6-7,12H2,1-2H3. The minimum absolute atomic E-state index is 0.0902. The van der Waals surface area contributed by atoms with Gasteiger partial charge in [0.05, 0.1) is 0 Å². The Morgan fingerprint density at radius 1 is 1.61 bits per heavy atom. The predicted molar refractivity (Wildman–Crippen MR) is 67.2 cm³/mol. The Labute approximate surface area is 107 Å². The van der Waals surface area contributed by atoms with E-state index in [0.29, 0.717) is 30.5 Å². The lowest BCUT2D eigenvalue weighted by Gasteiger charge is -2.33. The van der Waals surface area contributed by atoms with Gasteiger partial charge in [-0.1, -0.05) is 12.1 Å². The summed E-state index contributed by atoms with van der Waals surface area (Å²) < 4.78 is 30.7. The summed E-state index contributed by atoms with van der Waals surface area (Å²) in [5.74, 6) is 0.862. The Balaban J connectivity index is 2.07. The van der Waals surface area contributed by atoms with Crippen LogP contribution in [0.5, 0.6) is 0 Å². The van der Waals surface area contributed by atoms with Crippen LogP contribution in [0.25, 0.3) is 0 Å². The molecule has 0 bridgehead atoms. The number of aryl methyl sites for hydroxylation is 1. The number of nitrogens with zero attached hydrogens (tertiary/aromatic N) is 2. The zero-order chi connectivity index (χ0) is 13.3. The Morgan fingerprint density at radius 2 is 2.33 bits per heavy atom. The monoisotopic (exact) mass is 273 g/mol. The normalized spacial score (nSPS) is 26.4. The first-order valence-corrected chi connectivity index (χ1v) is 7.65. The van der Waals surface area contributed by atoms with Gasteiger partial charge in [-0.25, -0.2) is 12.7 Å². The van der Waals surface area contributed by atoms with Crippen LogP contribution in [-0.2, 0) is 15.8 Å². The summed E-state index contributed by atoms with van der Waals surface area (Å²) in [6, 6.07) is 1.55. The second kappa shape index (κ2) is 4.99. The third-order valence-corrected chi connectivity index (χ3v) is 5.16. The number of hydrogen-bond acceptors (Lipinski definition) is 5. The van der Waals surface area contributed by atoms with Crippen molar-refractivity contribution >= 4 is 10.0 Å². The summed E-state index contributed by atoms with van der Waals surface area (Å²) in [6.07, 6.45) is 0.804. The fraction of sp³-hybridized carbons (Fsp3) is 0.727. The smallest absolute Gasteiger partial charge is 0.220 e. The lowest BCUT2D eigenvalue weighted by Crippen LogP contribution is -2.49. The molecule has 0 amide bonds. The molecule has 2 heterocycles. The van der Waals surface area contributed by atoms with Gasteiger partial charge in [0.2, 0.25) is 10.0 Å². The molecule has 7 heteroatoms. The van der Waals surface area contributed by atoms with E-state index in [4.69, 9.17) is 10.3 Å². The molecular weight excluding hydrogens is 254 g/mol. The van der Waals surface area contributed by atoms with Crippen LogP contribution in [0.15, 0.2) is 10.6 Å². The summed E-state index contributed by atoms with van der Waals surface area (Å²) in [5, 5.41) is 3.72. The van der Waals surface area contributed by atoms with Crippen LogP contribution in [0, 0.1) is 12.8 Å². The number of sulfonamides is 1. The molecular formula is C11H19N3O3S. The summed E-state index contributed by atoms with van der Waals surface area (Å²) in [7, 11) is -3.35. The van der Waals surface area contributed by atoms with Crippen molar-refractivity contribution in [1.82, 2.24) is 9.46 Å². The fourth-order valence-corrected chi connectivity index (χ4v) is 3.56. The summed E-state index contributed by atoms with van der Waals surface area (Å²) in [4.78, 5) is 0. The largest absolute Gasteiger partial charge is 0.361 e. The molecule has 0 aliphatic carbocycles. The number of nitrogens with two attached hydrogens (primary N) is 1. The maximum atomic E-state index is 12.2. The molecule has 102 valence electrons. The average Bonchev–Trinajstić information content (AvgIpc) is 2.67. The van der Waals surface area contributed by atoms with Crippen LogP contribution >= 0.6 is 0 Å². The van der Waals surface area contributed by atoms with Crippen molar-refractivity contribution < 1.29 is 12.9 Å². The maximum Gasteiger partial charge on any atom is 0.220 e. The quantitative estimate of drug-likeness (QED) is 0.865. The van der Waals surface area contributed by atoms with Gasteiger partial charge in [-0.2, -0.15) is 0 Å². The molecule has 0 saturated carbocycles. The Kier molecular flexibility index (Phi) is 3.74. The van der Waals surface area contributed by atoms with Gasteiger partial charge in [0.15, 0.2) is 0 Å². The van der Waals surface area contributed by atoms with Gasteiger partial charge in [-0.3, -0.25) is 0 Å². The zero-order valence-corrected chi connectivity index (χ0v) is 11.5. The van der Waals surface area contributed by atoms with E-state index < -0.39 is 10.0 Å². The zero-order valence-electron chi connectivity index (χ0n) is 10.7. The molecule has 2 rings (SSSR count). The molecule has 18 heavy (non-hydrogen) atoms. The van der Waals surface area contributed by atoms with E-state index in [2.05, 4.69) is 12.1 Å². The highest BCUT2D eigenvalue weighted by atomic mass is 32.2. The molecule has 2 N–H and O–H groups in total. The maximum absolute atomic E-state index is 12.2. The van der Waals surface area contributed by atoms with Crippen molar-refractivity contribution in [1.29, 1.82) is 0 Å². The van der Waals surface area contributed by atoms with Crippen LogP contribution in [0.2, 0.25) is 0 Å². The van der Waals surface area contributed by atoms with Crippen molar-refractivity contribution in [2.75, 3.05) is 13.1 Å². The van der Waals surface area contributed by atoms with Crippen LogP contribution < -0.4 is 5.73 Å². The Bertz CT molecular complexity index is 511. The van der Waals surface area contributed by atoms with Crippen molar-refractivity contribution in [2.45, 2.75) is 32.1 Å². The predicted octanol–water partition coefficient (Wildman–Crippen LogP) is 0.482. The number of hydrogen-bond donors (Lipinski definition) is 1. The first-order chi connectivity index (χ1) is 8.38. The molecule has 0 radical (unpaired) electrons. The molecule has 2 atom stereocenters. The molecule has 1 fully saturated rings. The first-order valence-electron chi connectivity index (χ1n) is 6.04. The minimum Gasteiger partial charge on any atom is -0.361 e. The van der Waals surface area contributed by atoms with Crippen molar-refractivity contribution in [3.05, 3.63) is 17.5 Å². The van der Waals surface area contributed by atoms with Gasteiger partial charge in [0.25, 0.3) is 0 Å². The van der Waals surface area contributed by atoms with Crippen molar-refractivity contribution in [3.63, 3.8) is 0 Å². The van der Waals surface area contributed by atoms with Gasteiger partial charge < -0.3 is 10.3 Å². The van der Waals surface area contributed by atoms with Gasteiger partial charge in [0, 0.05) is 25.2 Å².